The van der Waals surface area contributed by atoms with Crippen molar-refractivity contribution in [1.29, 1.82) is 0 Å². The fourth-order valence-corrected chi connectivity index (χ4v) is 4.66. The predicted octanol–water partition coefficient (Wildman–Crippen LogP) is 4.01. The van der Waals surface area contributed by atoms with Crippen LogP contribution in [0.1, 0.15) is 35.4 Å². The first-order valence-electron chi connectivity index (χ1n) is 7.17. The molecule has 2 atom stereocenters. The van der Waals surface area contributed by atoms with Gasteiger partial charge in [0.25, 0.3) is 5.91 Å². The van der Waals surface area contributed by atoms with E-state index in [4.69, 9.17) is 0 Å². The maximum absolute atomic E-state index is 13.6. The number of amides is 1. The van der Waals surface area contributed by atoms with Gasteiger partial charge in [0, 0.05) is 16.8 Å². The van der Waals surface area contributed by atoms with E-state index in [2.05, 4.69) is 0 Å². The molecular weight excluding hydrogens is 273 g/mol. The maximum atomic E-state index is 13.6. The van der Waals surface area contributed by atoms with E-state index in [9.17, 15) is 9.18 Å². The number of halogens is 1. The van der Waals surface area contributed by atoms with E-state index in [0.29, 0.717) is 12.8 Å². The minimum atomic E-state index is -0.723. The predicted molar refractivity (Wildman–Crippen MR) is 78.9 cm³/mol. The van der Waals surface area contributed by atoms with Crippen LogP contribution in [0.4, 0.5) is 4.39 Å². The molecule has 2 fully saturated rings. The van der Waals surface area contributed by atoms with E-state index < -0.39 is 6.17 Å². The van der Waals surface area contributed by atoms with Crippen molar-refractivity contribution in [3.8, 4) is 0 Å². The summed E-state index contributed by atoms with van der Waals surface area (Å²) in [5.74, 6) is 0.102. The molecule has 1 aromatic heterocycles. The van der Waals surface area contributed by atoms with E-state index in [1.807, 2.05) is 35.2 Å². The highest BCUT2D eigenvalue weighted by atomic mass is 32.1. The molecule has 2 saturated heterocycles. The van der Waals surface area contributed by atoms with Gasteiger partial charge in [-0.3, -0.25) is 4.79 Å². The molecule has 3 heterocycles. The van der Waals surface area contributed by atoms with Crippen molar-refractivity contribution >= 4 is 27.3 Å². The maximum Gasteiger partial charge on any atom is 0.264 e. The summed E-state index contributed by atoms with van der Waals surface area (Å²) in [4.78, 5) is 15.5. The van der Waals surface area contributed by atoms with Gasteiger partial charge in [-0.2, -0.15) is 0 Å². The largest absolute Gasteiger partial charge is 0.332 e. The third-order valence-corrected chi connectivity index (χ3v) is 5.65. The first-order valence-corrected chi connectivity index (χ1v) is 7.99. The van der Waals surface area contributed by atoms with Crippen molar-refractivity contribution in [3.63, 3.8) is 0 Å². The Morgan fingerprint density at radius 2 is 1.90 bits per heavy atom. The molecule has 0 spiro atoms. The molecule has 2 aromatic rings. The number of carbonyl (C=O) groups excluding carboxylic acids is 1. The van der Waals surface area contributed by atoms with Crippen LogP contribution in [-0.4, -0.2) is 29.1 Å². The summed E-state index contributed by atoms with van der Waals surface area (Å²) in [5.41, 5.74) is 0. The topological polar surface area (TPSA) is 20.3 Å². The number of fused-ring (bicyclic) bond motifs is 3. The van der Waals surface area contributed by atoms with Crippen LogP contribution in [0.2, 0.25) is 0 Å². The number of hydrogen-bond acceptors (Lipinski definition) is 2. The highest BCUT2D eigenvalue weighted by Gasteiger charge is 2.43. The van der Waals surface area contributed by atoms with Crippen LogP contribution >= 0.6 is 11.3 Å². The Bertz CT molecular complexity index is 620. The Hall–Kier alpha value is -1.42. The summed E-state index contributed by atoms with van der Waals surface area (Å²) in [6.07, 6.45) is 2.24. The molecule has 4 rings (SSSR count). The van der Waals surface area contributed by atoms with Gasteiger partial charge in [-0.25, -0.2) is 4.39 Å². The molecular formula is C16H16FNOS. The van der Waals surface area contributed by atoms with Crippen molar-refractivity contribution in [2.24, 2.45) is 0 Å². The lowest BCUT2D eigenvalue weighted by atomic mass is 10.0. The molecule has 2 bridgehead atoms. The number of rotatable bonds is 1. The third kappa shape index (κ3) is 1.85. The van der Waals surface area contributed by atoms with Gasteiger partial charge in [0.05, 0.1) is 4.88 Å². The van der Waals surface area contributed by atoms with E-state index in [1.54, 1.807) is 11.3 Å². The fourth-order valence-electron chi connectivity index (χ4n) is 3.66. The highest BCUT2D eigenvalue weighted by Crippen LogP contribution is 2.39. The van der Waals surface area contributed by atoms with Crippen LogP contribution in [-0.2, 0) is 0 Å². The van der Waals surface area contributed by atoms with Crippen LogP contribution in [0.3, 0.4) is 0 Å². The van der Waals surface area contributed by atoms with Gasteiger partial charge in [0.2, 0.25) is 0 Å². The lowest BCUT2D eigenvalue weighted by Gasteiger charge is -2.36. The van der Waals surface area contributed by atoms with Gasteiger partial charge in [0.15, 0.2) is 0 Å². The number of carbonyl (C=O) groups is 1. The van der Waals surface area contributed by atoms with Crippen LogP contribution in [0, 0.1) is 0 Å². The Balaban J connectivity index is 1.67. The summed E-state index contributed by atoms with van der Waals surface area (Å²) in [6.45, 7) is 0. The Labute approximate surface area is 121 Å². The molecule has 2 aliphatic heterocycles. The second-order valence-corrected chi connectivity index (χ2v) is 6.90. The van der Waals surface area contributed by atoms with E-state index in [0.717, 1.165) is 27.8 Å². The van der Waals surface area contributed by atoms with Gasteiger partial charge < -0.3 is 4.90 Å². The fraction of sp³-hybridized carbons (Fsp3) is 0.438. The van der Waals surface area contributed by atoms with Gasteiger partial charge in [-0.1, -0.05) is 18.2 Å². The van der Waals surface area contributed by atoms with Gasteiger partial charge in [-0.05, 0) is 43.2 Å². The smallest absolute Gasteiger partial charge is 0.264 e. The second kappa shape index (κ2) is 4.55. The normalized spacial score (nSPS) is 29.1. The SMILES string of the molecule is O=C(c1cc2ccccc2s1)N1C2CCC1CC(F)C2. The van der Waals surface area contributed by atoms with Crippen molar-refractivity contribution in [2.75, 3.05) is 0 Å². The second-order valence-electron chi connectivity index (χ2n) is 5.81. The zero-order valence-electron chi connectivity index (χ0n) is 11.1. The molecule has 20 heavy (non-hydrogen) atoms. The minimum absolute atomic E-state index is 0.102. The van der Waals surface area contributed by atoms with Crippen molar-refractivity contribution in [1.82, 2.24) is 4.90 Å². The molecule has 0 radical (unpaired) electrons. The average molecular weight is 289 g/mol. The number of benzene rings is 1. The zero-order valence-corrected chi connectivity index (χ0v) is 11.9. The molecule has 104 valence electrons. The highest BCUT2D eigenvalue weighted by molar-refractivity contribution is 7.20. The van der Waals surface area contributed by atoms with Gasteiger partial charge >= 0.3 is 0 Å². The molecule has 1 aromatic carbocycles. The monoisotopic (exact) mass is 289 g/mol. The van der Waals surface area contributed by atoms with Crippen LogP contribution in [0.25, 0.3) is 10.1 Å². The molecule has 0 aliphatic carbocycles. The number of alkyl halides is 1. The van der Waals surface area contributed by atoms with Crippen LogP contribution < -0.4 is 0 Å². The number of thiophene rings is 1. The minimum Gasteiger partial charge on any atom is -0.332 e. The lowest BCUT2D eigenvalue weighted by molar-refractivity contribution is 0.0484. The van der Waals surface area contributed by atoms with Crippen LogP contribution in [0.5, 0.6) is 0 Å². The van der Waals surface area contributed by atoms with E-state index in [1.165, 1.54) is 0 Å². The number of nitrogens with zero attached hydrogens (tertiary/aromatic N) is 1. The summed E-state index contributed by atoms with van der Waals surface area (Å²) in [7, 11) is 0. The number of piperidine rings is 1. The summed E-state index contributed by atoms with van der Waals surface area (Å²) >= 11 is 1.55. The molecule has 0 N–H and O–H groups in total. The standard InChI is InChI=1S/C16H16FNOS/c17-11-8-12-5-6-13(9-11)18(12)16(19)15-7-10-3-1-2-4-14(10)20-15/h1-4,7,11-13H,5-6,8-9H2. The van der Waals surface area contributed by atoms with E-state index in [-0.39, 0.29) is 18.0 Å². The van der Waals surface area contributed by atoms with Crippen molar-refractivity contribution < 1.29 is 9.18 Å². The average Bonchev–Trinajstić information content (AvgIpc) is 2.98. The van der Waals surface area contributed by atoms with Gasteiger partial charge in [0.1, 0.15) is 6.17 Å². The summed E-state index contributed by atoms with van der Waals surface area (Å²) < 4.78 is 14.7. The molecule has 0 saturated carbocycles. The Morgan fingerprint density at radius 3 is 2.60 bits per heavy atom. The first-order chi connectivity index (χ1) is 9.72. The number of hydrogen-bond donors (Lipinski definition) is 0. The Morgan fingerprint density at radius 1 is 1.20 bits per heavy atom. The molecule has 1 amide bonds. The first kappa shape index (κ1) is 12.3. The molecule has 2 unspecified atom stereocenters. The van der Waals surface area contributed by atoms with Gasteiger partial charge in [-0.15, -0.1) is 11.3 Å². The van der Waals surface area contributed by atoms with E-state index >= 15 is 0 Å². The zero-order chi connectivity index (χ0) is 13.7. The molecule has 4 heteroatoms. The summed E-state index contributed by atoms with van der Waals surface area (Å²) in [6, 6.07) is 10.3. The van der Waals surface area contributed by atoms with Crippen molar-refractivity contribution in [3.05, 3.63) is 35.2 Å². The van der Waals surface area contributed by atoms with Crippen LogP contribution in [0.15, 0.2) is 30.3 Å². The summed E-state index contributed by atoms with van der Waals surface area (Å²) in [5, 5.41) is 1.12. The third-order valence-electron chi connectivity index (χ3n) is 4.55. The van der Waals surface area contributed by atoms with Crippen molar-refractivity contribution in [2.45, 2.75) is 43.9 Å². The quantitative estimate of drug-likeness (QED) is 0.777. The lowest BCUT2D eigenvalue weighted by Crippen LogP contribution is -2.46. The Kier molecular flexibility index (Phi) is 2.81. The molecule has 2 nitrogen and oxygen atoms in total. The molecule has 2 aliphatic rings.